The molecular formula is C13H15BrN2O. The van der Waals surface area contributed by atoms with Crippen LogP contribution in [-0.2, 0) is 17.6 Å². The van der Waals surface area contributed by atoms with Crippen molar-refractivity contribution in [2.24, 2.45) is 10.7 Å². The average Bonchev–Trinajstić information content (AvgIpc) is 2.28. The lowest BCUT2D eigenvalue weighted by Gasteiger charge is -2.37. The number of benzene rings is 1. The molecule has 4 heteroatoms. The largest absolute Gasteiger partial charge is 0.465 e. The summed E-state index contributed by atoms with van der Waals surface area (Å²) in [6.45, 7) is 0.693. The van der Waals surface area contributed by atoms with Crippen molar-refractivity contribution in [3.8, 4) is 0 Å². The number of halogens is 1. The number of fused-ring (bicyclic) bond motifs is 1. The molecule has 0 amide bonds. The molecular weight excluding hydrogens is 280 g/mol. The van der Waals surface area contributed by atoms with E-state index in [0.29, 0.717) is 12.6 Å². The fourth-order valence-corrected chi connectivity index (χ4v) is 3.43. The Morgan fingerprint density at radius 2 is 2.24 bits per heavy atom. The summed E-state index contributed by atoms with van der Waals surface area (Å²) >= 11 is 3.62. The molecule has 17 heavy (non-hydrogen) atoms. The molecule has 1 heterocycles. The average molecular weight is 295 g/mol. The van der Waals surface area contributed by atoms with E-state index in [4.69, 9.17) is 10.5 Å². The van der Waals surface area contributed by atoms with Crippen LogP contribution in [0.25, 0.3) is 0 Å². The summed E-state index contributed by atoms with van der Waals surface area (Å²) in [4.78, 5) is 4.56. The zero-order valence-corrected chi connectivity index (χ0v) is 11.2. The molecule has 1 spiro atoms. The Labute approximate surface area is 109 Å². The van der Waals surface area contributed by atoms with E-state index in [2.05, 4.69) is 39.1 Å². The molecule has 1 aromatic rings. The van der Waals surface area contributed by atoms with Crippen LogP contribution in [0.4, 0.5) is 0 Å². The fourth-order valence-electron chi connectivity index (χ4n) is 2.83. The lowest BCUT2D eigenvalue weighted by molar-refractivity contribution is 0.195. The molecule has 1 aliphatic carbocycles. The maximum atomic E-state index is 5.71. The van der Waals surface area contributed by atoms with E-state index in [1.807, 2.05) is 0 Å². The molecule has 2 N–H and O–H groups in total. The number of rotatable bonds is 0. The number of hydrogen-bond donors (Lipinski definition) is 1. The van der Waals surface area contributed by atoms with Gasteiger partial charge in [0.2, 0.25) is 0 Å². The molecule has 1 unspecified atom stereocenters. The summed E-state index contributed by atoms with van der Waals surface area (Å²) in [5.41, 5.74) is 8.51. The third-order valence-corrected chi connectivity index (χ3v) is 4.48. The van der Waals surface area contributed by atoms with Crippen molar-refractivity contribution < 1.29 is 4.74 Å². The number of nitrogens with two attached hydrogens (primary N) is 1. The van der Waals surface area contributed by atoms with Gasteiger partial charge in [0.25, 0.3) is 6.02 Å². The number of ether oxygens (including phenoxy) is 1. The van der Waals surface area contributed by atoms with Crippen LogP contribution in [0.1, 0.15) is 24.0 Å². The van der Waals surface area contributed by atoms with E-state index in [1.165, 1.54) is 15.6 Å². The summed E-state index contributed by atoms with van der Waals surface area (Å²) in [6, 6.07) is 6.75. The second-order valence-corrected chi connectivity index (χ2v) is 5.68. The summed E-state index contributed by atoms with van der Waals surface area (Å²) in [6.07, 6.45) is 4.08. The first-order valence-corrected chi connectivity index (χ1v) is 6.72. The molecule has 0 aromatic heterocycles. The molecule has 0 saturated heterocycles. The van der Waals surface area contributed by atoms with Crippen LogP contribution in [0, 0.1) is 0 Å². The van der Waals surface area contributed by atoms with E-state index in [9.17, 15) is 0 Å². The second kappa shape index (κ2) is 4.02. The zero-order chi connectivity index (χ0) is 11.9. The van der Waals surface area contributed by atoms with Gasteiger partial charge in [-0.2, -0.15) is 0 Å². The number of nitrogens with zero attached hydrogens (tertiary/aromatic N) is 1. The van der Waals surface area contributed by atoms with Crippen molar-refractivity contribution in [2.45, 2.75) is 31.2 Å². The third-order valence-electron chi connectivity index (χ3n) is 3.74. The highest BCUT2D eigenvalue weighted by molar-refractivity contribution is 9.10. The van der Waals surface area contributed by atoms with Crippen molar-refractivity contribution in [3.63, 3.8) is 0 Å². The standard InChI is InChI=1S/C13H15BrN2O/c14-11-3-1-2-9-8-13(5-4-10(9)11)6-7-17-12(15)16-13/h1-3H,4-8H2,(H2,15,16). The first kappa shape index (κ1) is 11.1. The van der Waals surface area contributed by atoms with Crippen molar-refractivity contribution in [1.29, 1.82) is 0 Å². The van der Waals surface area contributed by atoms with Crippen LogP contribution < -0.4 is 5.73 Å². The molecule has 1 aliphatic heterocycles. The molecule has 0 fully saturated rings. The van der Waals surface area contributed by atoms with E-state index in [-0.39, 0.29) is 5.54 Å². The fraction of sp³-hybridized carbons (Fsp3) is 0.462. The normalized spacial score (nSPS) is 27.2. The van der Waals surface area contributed by atoms with Crippen molar-refractivity contribution in [1.82, 2.24) is 0 Å². The Morgan fingerprint density at radius 3 is 3.06 bits per heavy atom. The molecule has 0 saturated carbocycles. The highest BCUT2D eigenvalue weighted by Gasteiger charge is 2.37. The van der Waals surface area contributed by atoms with Gasteiger partial charge < -0.3 is 10.5 Å². The number of amidine groups is 1. The predicted molar refractivity (Wildman–Crippen MR) is 71.1 cm³/mol. The minimum Gasteiger partial charge on any atom is -0.465 e. The van der Waals surface area contributed by atoms with Crippen LogP contribution in [-0.4, -0.2) is 18.2 Å². The van der Waals surface area contributed by atoms with Crippen molar-refractivity contribution >= 4 is 22.0 Å². The van der Waals surface area contributed by atoms with Crippen molar-refractivity contribution in [2.75, 3.05) is 6.61 Å². The maximum absolute atomic E-state index is 5.71. The van der Waals surface area contributed by atoms with E-state index in [1.54, 1.807) is 0 Å². The van der Waals surface area contributed by atoms with Gasteiger partial charge in [-0.15, -0.1) is 0 Å². The van der Waals surface area contributed by atoms with Gasteiger partial charge >= 0.3 is 0 Å². The Hall–Kier alpha value is -1.03. The van der Waals surface area contributed by atoms with Crippen molar-refractivity contribution in [3.05, 3.63) is 33.8 Å². The van der Waals surface area contributed by atoms with Gasteiger partial charge in [0.05, 0.1) is 12.1 Å². The monoisotopic (exact) mass is 294 g/mol. The molecule has 0 bridgehead atoms. The minimum atomic E-state index is -0.0177. The van der Waals surface area contributed by atoms with Gasteiger partial charge in [-0.05, 0) is 36.5 Å². The van der Waals surface area contributed by atoms with Crippen LogP contribution >= 0.6 is 15.9 Å². The highest BCUT2D eigenvalue weighted by atomic mass is 79.9. The molecule has 0 radical (unpaired) electrons. The Kier molecular flexibility index (Phi) is 2.62. The Balaban J connectivity index is 1.97. The molecule has 1 aromatic carbocycles. The summed E-state index contributed by atoms with van der Waals surface area (Å²) in [5.74, 6) is 0. The van der Waals surface area contributed by atoms with Gasteiger partial charge in [0.15, 0.2) is 0 Å². The SMILES string of the molecule is NC1=NC2(CCO1)CCc1c(Br)cccc1C2. The molecule has 90 valence electrons. The predicted octanol–water partition coefficient (Wildman–Crippen LogP) is 2.41. The van der Waals surface area contributed by atoms with E-state index in [0.717, 1.165) is 25.7 Å². The first-order chi connectivity index (χ1) is 8.19. The van der Waals surface area contributed by atoms with Gasteiger partial charge in [0, 0.05) is 10.9 Å². The Morgan fingerprint density at radius 1 is 1.35 bits per heavy atom. The first-order valence-electron chi connectivity index (χ1n) is 5.93. The highest BCUT2D eigenvalue weighted by Crippen LogP contribution is 2.38. The number of hydrogen-bond acceptors (Lipinski definition) is 3. The van der Waals surface area contributed by atoms with Crippen LogP contribution in [0.5, 0.6) is 0 Å². The molecule has 1 atom stereocenters. The van der Waals surface area contributed by atoms with Gasteiger partial charge in [-0.3, -0.25) is 0 Å². The lowest BCUT2D eigenvalue weighted by atomic mass is 9.76. The lowest BCUT2D eigenvalue weighted by Crippen LogP contribution is -2.42. The minimum absolute atomic E-state index is 0.0177. The topological polar surface area (TPSA) is 47.6 Å². The van der Waals surface area contributed by atoms with Gasteiger partial charge in [0.1, 0.15) is 0 Å². The van der Waals surface area contributed by atoms with Crippen LogP contribution in [0.15, 0.2) is 27.7 Å². The van der Waals surface area contributed by atoms with Gasteiger partial charge in [-0.1, -0.05) is 28.1 Å². The number of aliphatic imine (C=N–C) groups is 1. The van der Waals surface area contributed by atoms with E-state index < -0.39 is 0 Å². The summed E-state index contributed by atoms with van der Waals surface area (Å²) < 4.78 is 6.45. The molecule has 2 aliphatic rings. The van der Waals surface area contributed by atoms with Crippen LogP contribution in [0.2, 0.25) is 0 Å². The maximum Gasteiger partial charge on any atom is 0.282 e. The van der Waals surface area contributed by atoms with Gasteiger partial charge in [-0.25, -0.2) is 4.99 Å². The smallest absolute Gasteiger partial charge is 0.282 e. The second-order valence-electron chi connectivity index (χ2n) is 4.83. The quantitative estimate of drug-likeness (QED) is 0.799. The molecule has 3 nitrogen and oxygen atoms in total. The molecule has 3 rings (SSSR count). The third kappa shape index (κ3) is 1.95. The summed E-state index contributed by atoms with van der Waals surface area (Å²) in [7, 11) is 0. The van der Waals surface area contributed by atoms with E-state index >= 15 is 0 Å². The van der Waals surface area contributed by atoms with Crippen LogP contribution in [0.3, 0.4) is 0 Å². The Bertz CT molecular complexity index is 486. The summed E-state index contributed by atoms with van der Waals surface area (Å²) in [5, 5.41) is 0. The zero-order valence-electron chi connectivity index (χ0n) is 9.58.